The molecule has 0 atom stereocenters. The molecule has 32 heavy (non-hydrogen) atoms. The molecule has 0 unspecified atom stereocenters. The van der Waals surface area contributed by atoms with E-state index in [2.05, 4.69) is 0 Å². The fourth-order valence-corrected chi connectivity index (χ4v) is 4.20. The van der Waals surface area contributed by atoms with Gasteiger partial charge in [-0.2, -0.15) is 0 Å². The highest BCUT2D eigenvalue weighted by Gasteiger charge is 2.16. The lowest BCUT2D eigenvalue weighted by Gasteiger charge is -2.12. The number of aliphatic carboxylic acids is 3. The minimum atomic E-state index is -0.706. The molecule has 3 N–H and O–H groups in total. The number of hydrogen-bond donors (Lipinski definition) is 3. The minimum absolute atomic E-state index is 0.196. The predicted octanol–water partition coefficient (Wildman–Crippen LogP) is 7.44. The molecular formula is C26H48O6. The molecule has 0 bridgehead atoms. The van der Waals surface area contributed by atoms with E-state index in [9.17, 15) is 19.5 Å². The molecule has 0 saturated heterocycles. The zero-order chi connectivity index (χ0) is 23.9. The second-order valence-electron chi connectivity index (χ2n) is 9.26. The fraction of sp³-hybridized carbons (Fsp3) is 0.885. The van der Waals surface area contributed by atoms with Crippen molar-refractivity contribution in [1.82, 2.24) is 0 Å². The lowest BCUT2D eigenvalue weighted by Crippen LogP contribution is -2.13. The normalized spacial score (nSPS) is 11.2. The van der Waals surface area contributed by atoms with Gasteiger partial charge in [-0.05, 0) is 25.7 Å². The summed E-state index contributed by atoms with van der Waals surface area (Å²) in [6.45, 7) is 0. The van der Waals surface area contributed by atoms with Crippen LogP contribution in [0.2, 0.25) is 0 Å². The van der Waals surface area contributed by atoms with Crippen LogP contribution in [0.3, 0.4) is 0 Å². The summed E-state index contributed by atoms with van der Waals surface area (Å²) in [6.07, 6.45) is 21.6. The van der Waals surface area contributed by atoms with Gasteiger partial charge < -0.3 is 15.3 Å². The number of unbranched alkanes of at least 4 members (excludes halogenated alkanes) is 16. The lowest BCUT2D eigenvalue weighted by molar-refractivity contribution is -0.142. The molecule has 0 spiro atoms. The van der Waals surface area contributed by atoms with E-state index in [1.165, 1.54) is 38.5 Å². The summed E-state index contributed by atoms with van der Waals surface area (Å²) in [4.78, 5) is 32.4. The Bertz CT molecular complexity index is 441. The highest BCUT2D eigenvalue weighted by atomic mass is 16.4. The van der Waals surface area contributed by atoms with Crippen LogP contribution in [0.1, 0.15) is 141 Å². The molecule has 0 aromatic rings. The molecule has 0 rings (SSSR count). The summed E-state index contributed by atoms with van der Waals surface area (Å²) < 4.78 is 0. The van der Waals surface area contributed by atoms with Gasteiger partial charge in [0.05, 0.1) is 5.92 Å². The Balaban J connectivity index is 3.47. The Morgan fingerprint density at radius 2 is 0.656 bits per heavy atom. The lowest BCUT2D eigenvalue weighted by atomic mass is 9.94. The van der Waals surface area contributed by atoms with Crippen molar-refractivity contribution in [3.05, 3.63) is 0 Å². The Labute approximate surface area is 195 Å². The second kappa shape index (κ2) is 22.6. The number of rotatable bonds is 25. The van der Waals surface area contributed by atoms with Gasteiger partial charge in [0.2, 0.25) is 0 Å². The first-order valence-corrected chi connectivity index (χ1v) is 13.1. The maximum Gasteiger partial charge on any atom is 0.306 e. The van der Waals surface area contributed by atoms with Crippen molar-refractivity contribution >= 4 is 17.9 Å². The van der Waals surface area contributed by atoms with Gasteiger partial charge >= 0.3 is 17.9 Å². The van der Waals surface area contributed by atoms with Gasteiger partial charge in [0.1, 0.15) is 0 Å². The number of carboxylic acids is 3. The summed E-state index contributed by atoms with van der Waals surface area (Å²) in [7, 11) is 0. The Morgan fingerprint density at radius 1 is 0.406 bits per heavy atom. The quantitative estimate of drug-likeness (QED) is 0.123. The van der Waals surface area contributed by atoms with Crippen LogP contribution in [-0.4, -0.2) is 33.2 Å². The maximum absolute atomic E-state index is 11.5. The van der Waals surface area contributed by atoms with Crippen molar-refractivity contribution in [2.45, 2.75) is 141 Å². The van der Waals surface area contributed by atoms with E-state index in [-0.39, 0.29) is 18.8 Å². The smallest absolute Gasteiger partial charge is 0.306 e. The van der Waals surface area contributed by atoms with Crippen molar-refractivity contribution in [3.63, 3.8) is 0 Å². The van der Waals surface area contributed by atoms with E-state index in [0.29, 0.717) is 0 Å². The van der Waals surface area contributed by atoms with Crippen LogP contribution in [0.15, 0.2) is 0 Å². The van der Waals surface area contributed by atoms with Crippen LogP contribution in [0.4, 0.5) is 0 Å². The molecule has 6 nitrogen and oxygen atoms in total. The summed E-state index contributed by atoms with van der Waals surface area (Å²) in [5.74, 6) is -2.25. The molecule has 0 heterocycles. The number of carboxylic acid groups (broad SMARTS) is 3. The number of carbonyl (C=O) groups is 3. The van der Waals surface area contributed by atoms with Crippen molar-refractivity contribution in [2.24, 2.45) is 5.92 Å². The zero-order valence-corrected chi connectivity index (χ0v) is 20.2. The standard InChI is InChI=1S/C26H48O6/c27-24(28)21-17-13-9-5-1-3-7-11-15-19-23(26(31)32)20-16-12-8-4-2-6-10-14-18-22-25(29)30/h23H,1-22H2,(H,27,28)(H,29,30)(H,31,32). The van der Waals surface area contributed by atoms with Crippen molar-refractivity contribution in [1.29, 1.82) is 0 Å². The molecule has 0 fully saturated rings. The summed E-state index contributed by atoms with van der Waals surface area (Å²) in [5.41, 5.74) is 0. The van der Waals surface area contributed by atoms with Gasteiger partial charge in [-0.15, -0.1) is 0 Å². The minimum Gasteiger partial charge on any atom is -0.481 e. The topological polar surface area (TPSA) is 112 Å². The molecular weight excluding hydrogens is 408 g/mol. The van der Waals surface area contributed by atoms with E-state index in [0.717, 1.165) is 89.9 Å². The van der Waals surface area contributed by atoms with E-state index in [1.54, 1.807) is 0 Å². The third-order valence-electron chi connectivity index (χ3n) is 6.24. The van der Waals surface area contributed by atoms with Crippen LogP contribution >= 0.6 is 0 Å². The molecule has 0 aliphatic heterocycles. The van der Waals surface area contributed by atoms with Crippen LogP contribution < -0.4 is 0 Å². The van der Waals surface area contributed by atoms with Gasteiger partial charge in [-0.25, -0.2) is 0 Å². The van der Waals surface area contributed by atoms with E-state index in [4.69, 9.17) is 10.2 Å². The first-order chi connectivity index (χ1) is 15.4. The van der Waals surface area contributed by atoms with Gasteiger partial charge in [-0.3, -0.25) is 14.4 Å². The monoisotopic (exact) mass is 456 g/mol. The summed E-state index contributed by atoms with van der Waals surface area (Å²) in [5, 5.41) is 26.6. The Hall–Kier alpha value is -1.59. The summed E-state index contributed by atoms with van der Waals surface area (Å²) >= 11 is 0. The van der Waals surface area contributed by atoms with E-state index < -0.39 is 17.9 Å². The average molecular weight is 457 g/mol. The van der Waals surface area contributed by atoms with Crippen molar-refractivity contribution in [2.75, 3.05) is 0 Å². The highest BCUT2D eigenvalue weighted by Crippen LogP contribution is 2.20. The highest BCUT2D eigenvalue weighted by molar-refractivity contribution is 5.69. The molecule has 0 aliphatic rings. The average Bonchev–Trinajstić information content (AvgIpc) is 2.73. The molecule has 188 valence electrons. The molecule has 6 heteroatoms. The van der Waals surface area contributed by atoms with Gasteiger partial charge in [0.25, 0.3) is 0 Å². The first-order valence-electron chi connectivity index (χ1n) is 13.1. The molecule has 0 aromatic heterocycles. The molecule has 0 saturated carbocycles. The first kappa shape index (κ1) is 30.4. The SMILES string of the molecule is O=C(O)CCCCCCCCCCCC(CCCCCCCCCCCC(=O)O)C(=O)O. The van der Waals surface area contributed by atoms with Crippen molar-refractivity contribution in [3.8, 4) is 0 Å². The molecule has 0 radical (unpaired) electrons. The van der Waals surface area contributed by atoms with Crippen LogP contribution in [-0.2, 0) is 14.4 Å². The zero-order valence-electron chi connectivity index (χ0n) is 20.2. The predicted molar refractivity (Wildman–Crippen MR) is 128 cm³/mol. The van der Waals surface area contributed by atoms with E-state index in [1.807, 2.05) is 0 Å². The van der Waals surface area contributed by atoms with Crippen LogP contribution in [0, 0.1) is 5.92 Å². The van der Waals surface area contributed by atoms with Gasteiger partial charge in [0.15, 0.2) is 0 Å². The van der Waals surface area contributed by atoms with Crippen LogP contribution in [0.25, 0.3) is 0 Å². The molecule has 0 aliphatic carbocycles. The fourth-order valence-electron chi connectivity index (χ4n) is 4.20. The van der Waals surface area contributed by atoms with Crippen LogP contribution in [0.5, 0.6) is 0 Å². The second-order valence-corrected chi connectivity index (χ2v) is 9.26. The van der Waals surface area contributed by atoms with Crippen molar-refractivity contribution < 1.29 is 29.7 Å². The largest absolute Gasteiger partial charge is 0.481 e. The Kier molecular flexibility index (Phi) is 21.5. The Morgan fingerprint density at radius 3 is 0.906 bits per heavy atom. The third kappa shape index (κ3) is 23.1. The third-order valence-corrected chi connectivity index (χ3v) is 6.24. The molecule has 0 amide bonds. The maximum atomic E-state index is 11.5. The number of hydrogen-bond acceptors (Lipinski definition) is 3. The van der Waals surface area contributed by atoms with Gasteiger partial charge in [0, 0.05) is 12.8 Å². The molecule has 0 aromatic carbocycles. The summed E-state index contributed by atoms with van der Waals surface area (Å²) in [6, 6.07) is 0. The van der Waals surface area contributed by atoms with E-state index >= 15 is 0 Å². The van der Waals surface area contributed by atoms with Gasteiger partial charge in [-0.1, -0.05) is 103 Å².